The number of carbonyl (C=O) groups is 2. The van der Waals surface area contributed by atoms with E-state index in [9.17, 15) is 9.59 Å². The molecule has 2 N–H and O–H groups in total. The highest BCUT2D eigenvalue weighted by molar-refractivity contribution is 6.21. The lowest BCUT2D eigenvalue weighted by atomic mass is 10.1. The first-order valence-corrected chi connectivity index (χ1v) is 11.3. The summed E-state index contributed by atoms with van der Waals surface area (Å²) < 4.78 is 0. The van der Waals surface area contributed by atoms with Gasteiger partial charge in [-0.15, -0.1) is 0 Å². The predicted molar refractivity (Wildman–Crippen MR) is 127 cm³/mol. The first kappa shape index (κ1) is 21.9. The van der Waals surface area contributed by atoms with Gasteiger partial charge >= 0.3 is 0 Å². The largest absolute Gasteiger partial charge is 0.369 e. The molecule has 0 aliphatic carbocycles. The maximum absolute atomic E-state index is 12.4. The predicted octanol–water partition coefficient (Wildman–Crippen LogP) is 2.82. The molecule has 2 amide bonds. The van der Waals surface area contributed by atoms with Gasteiger partial charge in [0.05, 0.1) is 11.1 Å². The fourth-order valence-corrected chi connectivity index (χ4v) is 4.30. The molecule has 2 aliphatic rings. The summed E-state index contributed by atoms with van der Waals surface area (Å²) in [7, 11) is 1.78. The molecule has 7 nitrogen and oxygen atoms in total. The summed E-state index contributed by atoms with van der Waals surface area (Å²) >= 11 is 0. The summed E-state index contributed by atoms with van der Waals surface area (Å²) in [4.78, 5) is 32.9. The smallest absolute Gasteiger partial charge is 0.261 e. The van der Waals surface area contributed by atoms with Gasteiger partial charge in [-0.3, -0.25) is 19.5 Å². The normalized spacial score (nSPS) is 18.3. The lowest BCUT2D eigenvalue weighted by Gasteiger charge is -2.20. The average Bonchev–Trinajstić information content (AvgIpc) is 3.37. The van der Waals surface area contributed by atoms with Crippen LogP contribution in [0.15, 0.2) is 53.5 Å². The number of rotatable bonds is 7. The summed E-state index contributed by atoms with van der Waals surface area (Å²) in [6.45, 7) is 5.25. The second-order valence-electron chi connectivity index (χ2n) is 8.43. The van der Waals surface area contributed by atoms with Crippen LogP contribution < -0.4 is 15.5 Å². The average molecular weight is 434 g/mol. The molecule has 168 valence electrons. The topological polar surface area (TPSA) is 77.0 Å². The number of aryl methyl sites for hydroxylation is 1. The Morgan fingerprint density at radius 1 is 1.03 bits per heavy atom. The highest BCUT2D eigenvalue weighted by Crippen LogP contribution is 2.23. The Balaban J connectivity index is 1.17. The quantitative estimate of drug-likeness (QED) is 0.304. The minimum absolute atomic E-state index is 0.185. The number of amides is 2. The van der Waals surface area contributed by atoms with E-state index in [-0.39, 0.29) is 11.8 Å². The molecule has 0 aromatic heterocycles. The molecular formula is C25H31N5O2. The Bertz CT molecular complexity index is 967. The van der Waals surface area contributed by atoms with Crippen LogP contribution in [0.3, 0.4) is 0 Å². The number of nitrogens with one attached hydrogen (secondary N) is 2. The minimum atomic E-state index is -0.185. The van der Waals surface area contributed by atoms with Crippen LogP contribution in [0.1, 0.15) is 45.5 Å². The van der Waals surface area contributed by atoms with Crippen LogP contribution in [0, 0.1) is 6.92 Å². The second-order valence-corrected chi connectivity index (χ2v) is 8.43. The summed E-state index contributed by atoms with van der Waals surface area (Å²) in [5.41, 5.74) is 3.55. The van der Waals surface area contributed by atoms with Crippen LogP contribution >= 0.6 is 0 Å². The number of aliphatic imine (C=N–C) groups is 1. The fraction of sp³-hybridized carbons (Fsp3) is 0.400. The van der Waals surface area contributed by atoms with Crippen molar-refractivity contribution in [2.45, 2.75) is 32.2 Å². The van der Waals surface area contributed by atoms with Crippen molar-refractivity contribution in [3.8, 4) is 0 Å². The third-order valence-electron chi connectivity index (χ3n) is 6.13. The first-order chi connectivity index (χ1) is 15.6. The number of imide groups is 1. The zero-order valence-corrected chi connectivity index (χ0v) is 18.8. The monoisotopic (exact) mass is 433 g/mol. The summed E-state index contributed by atoms with van der Waals surface area (Å²) in [6, 6.07) is 16.0. The minimum Gasteiger partial charge on any atom is -0.369 e. The van der Waals surface area contributed by atoms with Crippen molar-refractivity contribution < 1.29 is 9.59 Å². The van der Waals surface area contributed by atoms with Gasteiger partial charge in [-0.1, -0.05) is 29.8 Å². The number of fused-ring (bicyclic) bond motifs is 1. The van der Waals surface area contributed by atoms with Crippen molar-refractivity contribution in [2.24, 2.45) is 4.99 Å². The molecule has 0 spiro atoms. The van der Waals surface area contributed by atoms with Crippen LogP contribution in [-0.2, 0) is 0 Å². The van der Waals surface area contributed by atoms with Crippen LogP contribution in [0.5, 0.6) is 0 Å². The molecule has 2 aliphatic heterocycles. The molecule has 2 aromatic rings. The van der Waals surface area contributed by atoms with Gasteiger partial charge in [-0.25, -0.2) is 0 Å². The van der Waals surface area contributed by atoms with Crippen LogP contribution in [-0.4, -0.2) is 61.9 Å². The number of guanidine groups is 1. The number of hydrogen-bond acceptors (Lipinski definition) is 4. The van der Waals surface area contributed by atoms with E-state index in [0.717, 1.165) is 44.9 Å². The van der Waals surface area contributed by atoms with E-state index in [4.69, 9.17) is 0 Å². The standard InChI is InChI=1S/C25H31N5O2/c1-18-9-11-20(12-10-18)29-16-13-19(17-29)28-25(26-2)27-14-5-6-15-30-23(31)21-7-3-4-8-22(21)24(30)32/h3-4,7-12,19H,5-6,13-17H2,1-2H3,(H2,26,27,28). The maximum atomic E-state index is 12.4. The van der Waals surface area contributed by atoms with Crippen LogP contribution in [0.2, 0.25) is 0 Å². The van der Waals surface area contributed by atoms with E-state index in [2.05, 4.69) is 51.7 Å². The van der Waals surface area contributed by atoms with Gasteiger partial charge in [0.1, 0.15) is 0 Å². The third kappa shape index (κ3) is 4.77. The Labute approximate surface area is 189 Å². The van der Waals surface area contributed by atoms with Crippen molar-refractivity contribution in [1.29, 1.82) is 0 Å². The maximum Gasteiger partial charge on any atom is 0.261 e. The molecule has 0 saturated carbocycles. The van der Waals surface area contributed by atoms with Gasteiger partial charge in [0, 0.05) is 45.0 Å². The number of nitrogens with zero attached hydrogens (tertiary/aromatic N) is 3. The summed E-state index contributed by atoms with van der Waals surface area (Å²) in [5, 5.41) is 6.87. The number of unbranched alkanes of at least 4 members (excludes halogenated alkanes) is 1. The Morgan fingerprint density at radius 3 is 2.38 bits per heavy atom. The lowest BCUT2D eigenvalue weighted by Crippen LogP contribution is -2.45. The van der Waals surface area contributed by atoms with Gasteiger partial charge in [0.15, 0.2) is 5.96 Å². The van der Waals surface area contributed by atoms with E-state index in [1.54, 1.807) is 31.3 Å². The lowest BCUT2D eigenvalue weighted by molar-refractivity contribution is 0.0652. The van der Waals surface area contributed by atoms with Crippen molar-refractivity contribution in [3.63, 3.8) is 0 Å². The molecule has 1 atom stereocenters. The molecular weight excluding hydrogens is 402 g/mol. The van der Waals surface area contributed by atoms with Gasteiger partial charge in [0.2, 0.25) is 0 Å². The van der Waals surface area contributed by atoms with Crippen molar-refractivity contribution in [1.82, 2.24) is 15.5 Å². The summed E-state index contributed by atoms with van der Waals surface area (Å²) in [5.74, 6) is 0.423. The van der Waals surface area contributed by atoms with E-state index < -0.39 is 0 Å². The number of anilines is 1. The van der Waals surface area contributed by atoms with Gasteiger partial charge in [-0.05, 0) is 50.5 Å². The third-order valence-corrected chi connectivity index (χ3v) is 6.13. The van der Waals surface area contributed by atoms with E-state index in [1.807, 2.05) is 0 Å². The van der Waals surface area contributed by atoms with E-state index >= 15 is 0 Å². The first-order valence-electron chi connectivity index (χ1n) is 11.3. The Hall–Kier alpha value is -3.35. The molecule has 0 radical (unpaired) electrons. The van der Waals surface area contributed by atoms with Crippen molar-refractivity contribution >= 4 is 23.5 Å². The van der Waals surface area contributed by atoms with Crippen molar-refractivity contribution in [3.05, 3.63) is 65.2 Å². The fourth-order valence-electron chi connectivity index (χ4n) is 4.30. The van der Waals surface area contributed by atoms with Gasteiger partial charge < -0.3 is 15.5 Å². The van der Waals surface area contributed by atoms with Gasteiger partial charge in [0.25, 0.3) is 11.8 Å². The molecule has 2 aromatic carbocycles. The Kier molecular flexibility index (Phi) is 6.73. The number of carbonyl (C=O) groups excluding carboxylic acids is 2. The van der Waals surface area contributed by atoms with Crippen LogP contribution in [0.25, 0.3) is 0 Å². The molecule has 1 unspecified atom stereocenters. The number of hydrogen-bond donors (Lipinski definition) is 2. The molecule has 32 heavy (non-hydrogen) atoms. The van der Waals surface area contributed by atoms with Gasteiger partial charge in [-0.2, -0.15) is 0 Å². The molecule has 2 heterocycles. The molecule has 4 rings (SSSR count). The molecule has 1 saturated heterocycles. The SMILES string of the molecule is CN=C(NCCCCN1C(=O)c2ccccc2C1=O)NC1CCN(c2ccc(C)cc2)C1. The highest BCUT2D eigenvalue weighted by atomic mass is 16.2. The van der Waals surface area contributed by atoms with Crippen LogP contribution in [0.4, 0.5) is 5.69 Å². The van der Waals surface area contributed by atoms with Crippen molar-refractivity contribution in [2.75, 3.05) is 38.1 Å². The van der Waals surface area contributed by atoms with E-state index in [1.165, 1.54) is 16.2 Å². The highest BCUT2D eigenvalue weighted by Gasteiger charge is 2.34. The zero-order chi connectivity index (χ0) is 22.5. The molecule has 7 heteroatoms. The van der Waals surface area contributed by atoms with E-state index in [0.29, 0.717) is 23.7 Å². The molecule has 1 fully saturated rings. The number of benzene rings is 2. The Morgan fingerprint density at radius 2 is 1.72 bits per heavy atom. The summed E-state index contributed by atoms with van der Waals surface area (Å²) in [6.07, 6.45) is 2.66. The zero-order valence-electron chi connectivity index (χ0n) is 18.8. The molecule has 0 bridgehead atoms. The second kappa shape index (κ2) is 9.85.